The number of likely N-dealkylation sites (tertiary alicyclic amines) is 1. The molecule has 3 rings (SSSR count). The molecular formula is C19H32N4O3S. The molecule has 2 fully saturated rings. The molecule has 0 unspecified atom stereocenters. The molecule has 1 aliphatic carbocycles. The largest absolute Gasteiger partial charge is 0.348 e. The first-order valence-electron chi connectivity index (χ1n) is 10.0. The van der Waals surface area contributed by atoms with Crippen molar-refractivity contribution in [1.82, 2.24) is 19.5 Å². The van der Waals surface area contributed by atoms with Crippen LogP contribution in [-0.2, 0) is 17.1 Å². The highest BCUT2D eigenvalue weighted by molar-refractivity contribution is 7.89. The Kier molecular flexibility index (Phi) is 6.60. The summed E-state index contributed by atoms with van der Waals surface area (Å²) < 4.78 is 27.7. The van der Waals surface area contributed by atoms with Crippen LogP contribution in [0.25, 0.3) is 0 Å². The van der Waals surface area contributed by atoms with Crippen LogP contribution in [0.2, 0.25) is 0 Å². The van der Waals surface area contributed by atoms with E-state index in [1.165, 1.54) is 58.0 Å². The summed E-state index contributed by atoms with van der Waals surface area (Å²) in [5, 5.41) is 3.08. The summed E-state index contributed by atoms with van der Waals surface area (Å²) in [4.78, 5) is 15.3. The molecular weight excluding hydrogens is 364 g/mol. The van der Waals surface area contributed by atoms with Gasteiger partial charge in [-0.2, -0.15) is 0 Å². The van der Waals surface area contributed by atoms with Gasteiger partial charge in [-0.3, -0.25) is 4.79 Å². The number of carbonyl (C=O) groups excluding carboxylic acids is 1. The fourth-order valence-electron chi connectivity index (χ4n) is 4.28. The van der Waals surface area contributed by atoms with E-state index in [0.717, 1.165) is 31.8 Å². The normalized spacial score (nSPS) is 20.7. The second-order valence-electron chi connectivity index (χ2n) is 7.93. The van der Waals surface area contributed by atoms with Gasteiger partial charge in [0.1, 0.15) is 10.6 Å². The number of sulfonamides is 1. The van der Waals surface area contributed by atoms with E-state index < -0.39 is 10.0 Å². The number of nitrogens with zero attached hydrogens (tertiary/aromatic N) is 2. The maximum atomic E-state index is 12.6. The van der Waals surface area contributed by atoms with Crippen LogP contribution in [0.15, 0.2) is 17.2 Å². The van der Waals surface area contributed by atoms with Gasteiger partial charge in [0.05, 0.1) is 0 Å². The van der Waals surface area contributed by atoms with Gasteiger partial charge in [-0.1, -0.05) is 19.3 Å². The number of hydrogen-bond acceptors (Lipinski definition) is 4. The lowest BCUT2D eigenvalue weighted by atomic mass is 9.88. The van der Waals surface area contributed by atoms with Crippen LogP contribution in [0.3, 0.4) is 0 Å². The average molecular weight is 397 g/mol. The summed E-state index contributed by atoms with van der Waals surface area (Å²) in [6.45, 7) is 3.24. The molecule has 7 nitrogen and oxygen atoms in total. The first-order chi connectivity index (χ1) is 12.9. The van der Waals surface area contributed by atoms with Crippen molar-refractivity contribution in [1.29, 1.82) is 0 Å². The molecule has 1 aromatic rings. The number of hydrogen-bond donors (Lipinski definition) is 2. The molecule has 8 heteroatoms. The summed E-state index contributed by atoms with van der Waals surface area (Å²) in [7, 11) is -0.490. The third-order valence-electron chi connectivity index (χ3n) is 5.96. The van der Waals surface area contributed by atoms with E-state index in [9.17, 15) is 13.2 Å². The van der Waals surface area contributed by atoms with Gasteiger partial charge in [0.15, 0.2) is 0 Å². The minimum Gasteiger partial charge on any atom is -0.348 e. The number of aromatic nitrogens is 1. The summed E-state index contributed by atoms with van der Waals surface area (Å²) in [6.07, 6.45) is 10.2. The van der Waals surface area contributed by atoms with Gasteiger partial charge in [0, 0.05) is 38.9 Å². The molecule has 1 amide bonds. The number of aryl methyl sites for hydroxylation is 1. The van der Waals surface area contributed by atoms with Crippen molar-refractivity contribution in [2.24, 2.45) is 13.0 Å². The van der Waals surface area contributed by atoms with E-state index >= 15 is 0 Å². The summed E-state index contributed by atoms with van der Waals surface area (Å²) in [6, 6.07) is 1.58. The zero-order chi connectivity index (χ0) is 19.4. The highest BCUT2D eigenvalue weighted by Crippen LogP contribution is 2.25. The zero-order valence-electron chi connectivity index (χ0n) is 16.4. The second kappa shape index (κ2) is 8.75. The standard InChI is InChI=1S/C19H32N4O3S/c1-20-27(25,26)17-12-18(22(2)14-17)19(24)21-16-8-10-23(11-9-16)13-15-6-4-3-5-7-15/h12,14-16,20H,3-11,13H2,1-2H3,(H,21,24). The fourth-order valence-corrected chi connectivity index (χ4v) is 5.08. The fraction of sp³-hybridized carbons (Fsp3) is 0.737. The minimum absolute atomic E-state index is 0.111. The van der Waals surface area contributed by atoms with Crippen molar-refractivity contribution in [3.63, 3.8) is 0 Å². The van der Waals surface area contributed by atoms with Crippen molar-refractivity contribution in [2.75, 3.05) is 26.7 Å². The number of amides is 1. The van der Waals surface area contributed by atoms with E-state index in [2.05, 4.69) is 14.9 Å². The van der Waals surface area contributed by atoms with E-state index in [4.69, 9.17) is 0 Å². The molecule has 0 spiro atoms. The zero-order valence-corrected chi connectivity index (χ0v) is 17.2. The second-order valence-corrected chi connectivity index (χ2v) is 9.82. The number of rotatable bonds is 6. The first kappa shape index (κ1) is 20.4. The first-order valence-corrected chi connectivity index (χ1v) is 11.5. The lowest BCUT2D eigenvalue weighted by Crippen LogP contribution is -2.46. The van der Waals surface area contributed by atoms with Gasteiger partial charge in [-0.15, -0.1) is 0 Å². The van der Waals surface area contributed by atoms with Crippen LogP contribution in [0, 0.1) is 5.92 Å². The number of carbonyl (C=O) groups is 1. The van der Waals surface area contributed by atoms with Crippen LogP contribution in [0.4, 0.5) is 0 Å². The predicted octanol–water partition coefficient (Wildman–Crippen LogP) is 1.71. The molecule has 1 saturated heterocycles. The number of nitrogens with one attached hydrogen (secondary N) is 2. The molecule has 1 aliphatic heterocycles. The Morgan fingerprint density at radius 3 is 2.44 bits per heavy atom. The monoisotopic (exact) mass is 396 g/mol. The van der Waals surface area contributed by atoms with Crippen LogP contribution in [0.5, 0.6) is 0 Å². The predicted molar refractivity (Wildman–Crippen MR) is 105 cm³/mol. The van der Waals surface area contributed by atoms with Gasteiger partial charge in [-0.05, 0) is 44.7 Å². The van der Waals surface area contributed by atoms with E-state index in [1.54, 1.807) is 11.6 Å². The lowest BCUT2D eigenvalue weighted by molar-refractivity contribution is 0.0893. The molecule has 2 heterocycles. The molecule has 0 aromatic carbocycles. The van der Waals surface area contributed by atoms with Gasteiger partial charge >= 0.3 is 0 Å². The highest BCUT2D eigenvalue weighted by atomic mass is 32.2. The molecule has 1 saturated carbocycles. The van der Waals surface area contributed by atoms with E-state index in [1.807, 2.05) is 0 Å². The number of piperidine rings is 1. The summed E-state index contributed by atoms with van der Waals surface area (Å²) in [5.74, 6) is 0.640. The Hall–Kier alpha value is -1.38. The molecule has 2 N–H and O–H groups in total. The van der Waals surface area contributed by atoms with Crippen molar-refractivity contribution in [2.45, 2.75) is 55.9 Å². The third-order valence-corrected chi connectivity index (χ3v) is 7.34. The van der Waals surface area contributed by atoms with Crippen molar-refractivity contribution in [3.05, 3.63) is 18.0 Å². The van der Waals surface area contributed by atoms with Crippen molar-refractivity contribution >= 4 is 15.9 Å². The Morgan fingerprint density at radius 2 is 1.81 bits per heavy atom. The molecule has 2 aliphatic rings. The highest BCUT2D eigenvalue weighted by Gasteiger charge is 2.25. The molecule has 27 heavy (non-hydrogen) atoms. The van der Waals surface area contributed by atoms with Crippen molar-refractivity contribution in [3.8, 4) is 0 Å². The van der Waals surface area contributed by atoms with Crippen LogP contribution in [0.1, 0.15) is 55.4 Å². The molecule has 1 aromatic heterocycles. The molecule has 0 radical (unpaired) electrons. The van der Waals surface area contributed by atoms with Crippen molar-refractivity contribution < 1.29 is 13.2 Å². The van der Waals surface area contributed by atoms with Crippen LogP contribution in [-0.4, -0.2) is 56.5 Å². The smallest absolute Gasteiger partial charge is 0.268 e. The lowest BCUT2D eigenvalue weighted by Gasteiger charge is -2.35. The minimum atomic E-state index is -3.55. The van der Waals surface area contributed by atoms with E-state index in [0.29, 0.717) is 5.69 Å². The maximum absolute atomic E-state index is 12.6. The van der Waals surface area contributed by atoms with Gasteiger partial charge in [0.25, 0.3) is 5.91 Å². The summed E-state index contributed by atoms with van der Waals surface area (Å²) in [5.41, 5.74) is 0.369. The Labute approximate surface area is 162 Å². The maximum Gasteiger partial charge on any atom is 0.268 e. The summed E-state index contributed by atoms with van der Waals surface area (Å²) >= 11 is 0. The molecule has 0 bridgehead atoms. The third kappa shape index (κ3) is 5.12. The SMILES string of the molecule is CNS(=O)(=O)c1cc(C(=O)NC2CCN(CC3CCCCC3)CC2)n(C)c1. The Bertz CT molecular complexity index is 745. The van der Waals surface area contributed by atoms with Gasteiger partial charge in [-0.25, -0.2) is 13.1 Å². The Morgan fingerprint density at radius 1 is 1.15 bits per heavy atom. The van der Waals surface area contributed by atoms with Gasteiger partial charge < -0.3 is 14.8 Å². The topological polar surface area (TPSA) is 83.4 Å². The van der Waals surface area contributed by atoms with E-state index in [-0.39, 0.29) is 16.8 Å². The molecule has 0 atom stereocenters. The Balaban J connectivity index is 1.51. The van der Waals surface area contributed by atoms with Crippen LogP contribution >= 0.6 is 0 Å². The average Bonchev–Trinajstić information content (AvgIpc) is 3.07. The van der Waals surface area contributed by atoms with Crippen LogP contribution < -0.4 is 10.0 Å². The quantitative estimate of drug-likeness (QED) is 0.767. The molecule has 152 valence electrons. The van der Waals surface area contributed by atoms with Gasteiger partial charge in [0.2, 0.25) is 10.0 Å².